The summed E-state index contributed by atoms with van der Waals surface area (Å²) < 4.78 is 12.5. The molecule has 2 aromatic carbocycles. The molecule has 0 bridgehead atoms. The van der Waals surface area contributed by atoms with Crippen LogP contribution in [0.1, 0.15) is 24.2 Å². The van der Waals surface area contributed by atoms with Crippen molar-refractivity contribution in [2.45, 2.75) is 13.8 Å². The summed E-state index contributed by atoms with van der Waals surface area (Å²) in [5, 5.41) is 11.4. The molecule has 0 fully saturated rings. The van der Waals surface area contributed by atoms with Crippen molar-refractivity contribution in [1.82, 2.24) is 25.1 Å². The molecule has 0 aliphatic heterocycles. The zero-order valence-electron chi connectivity index (χ0n) is 16.4. The molecule has 3 rings (SSSR count). The van der Waals surface area contributed by atoms with Gasteiger partial charge in [0.05, 0.1) is 19.9 Å². The summed E-state index contributed by atoms with van der Waals surface area (Å²) in [6.45, 7) is 5.17. The van der Waals surface area contributed by atoms with E-state index in [1.807, 2.05) is 44.2 Å². The predicted molar refractivity (Wildman–Crippen MR) is 105 cm³/mol. The van der Waals surface area contributed by atoms with Gasteiger partial charge in [-0.1, -0.05) is 12.1 Å². The van der Waals surface area contributed by atoms with E-state index in [1.165, 1.54) is 11.0 Å². The van der Waals surface area contributed by atoms with Crippen molar-refractivity contribution in [2.75, 3.05) is 27.3 Å². The molecule has 1 heterocycles. The van der Waals surface area contributed by atoms with Crippen molar-refractivity contribution in [1.29, 1.82) is 0 Å². The number of ether oxygens (including phenoxy) is 2. The second kappa shape index (κ2) is 8.51. The molecule has 8 nitrogen and oxygen atoms in total. The third kappa shape index (κ3) is 3.66. The van der Waals surface area contributed by atoms with Crippen molar-refractivity contribution in [3.05, 3.63) is 48.3 Å². The van der Waals surface area contributed by atoms with Crippen molar-refractivity contribution in [2.24, 2.45) is 0 Å². The lowest BCUT2D eigenvalue weighted by Crippen LogP contribution is -2.30. The highest BCUT2D eigenvalue weighted by Gasteiger charge is 2.18. The highest BCUT2D eigenvalue weighted by atomic mass is 16.5. The standard InChI is InChI=1S/C20H23N5O3/c1-5-24(6-2)20(26)15-10-14(11-16(12-15)25-13-21-22-23-25)17-8-7-9-18(27-3)19(17)28-4/h7-13H,5-6H2,1-4H3. The van der Waals surface area contributed by atoms with Crippen LogP contribution in [0, 0.1) is 0 Å². The van der Waals surface area contributed by atoms with Gasteiger partial charge in [-0.2, -0.15) is 0 Å². The van der Waals surface area contributed by atoms with Gasteiger partial charge in [0.2, 0.25) is 0 Å². The topological polar surface area (TPSA) is 82.4 Å². The molecule has 0 aliphatic carbocycles. The lowest BCUT2D eigenvalue weighted by molar-refractivity contribution is 0.0773. The number of para-hydroxylation sites is 1. The molecule has 0 atom stereocenters. The second-order valence-corrected chi connectivity index (χ2v) is 6.04. The van der Waals surface area contributed by atoms with E-state index >= 15 is 0 Å². The number of rotatable bonds is 7. The van der Waals surface area contributed by atoms with Crippen LogP contribution in [0.5, 0.6) is 11.5 Å². The lowest BCUT2D eigenvalue weighted by atomic mass is 10.00. The lowest BCUT2D eigenvalue weighted by Gasteiger charge is -2.20. The highest BCUT2D eigenvalue weighted by molar-refractivity contribution is 5.96. The molecule has 1 amide bonds. The number of carbonyl (C=O) groups excluding carboxylic acids is 1. The molecule has 1 aromatic heterocycles. The van der Waals surface area contributed by atoms with Crippen LogP contribution < -0.4 is 9.47 Å². The molecule has 0 unspecified atom stereocenters. The first-order valence-electron chi connectivity index (χ1n) is 9.02. The van der Waals surface area contributed by atoms with Crippen molar-refractivity contribution in [3.63, 3.8) is 0 Å². The minimum Gasteiger partial charge on any atom is -0.493 e. The molecule has 8 heteroatoms. The van der Waals surface area contributed by atoms with Crippen LogP contribution in [0.3, 0.4) is 0 Å². The Morgan fingerprint density at radius 2 is 1.89 bits per heavy atom. The van der Waals surface area contributed by atoms with Gasteiger partial charge in [-0.15, -0.1) is 5.10 Å². The first-order valence-corrected chi connectivity index (χ1v) is 9.02. The fourth-order valence-corrected chi connectivity index (χ4v) is 3.11. The van der Waals surface area contributed by atoms with Gasteiger partial charge in [0.25, 0.3) is 5.91 Å². The van der Waals surface area contributed by atoms with Crippen LogP contribution in [0.4, 0.5) is 0 Å². The summed E-state index contributed by atoms with van der Waals surface area (Å²) in [5.74, 6) is 1.16. The van der Waals surface area contributed by atoms with Gasteiger partial charge in [-0.05, 0) is 54.1 Å². The number of hydrogen-bond donors (Lipinski definition) is 0. The molecule has 146 valence electrons. The van der Waals surface area contributed by atoms with Gasteiger partial charge in [-0.3, -0.25) is 4.79 Å². The SMILES string of the molecule is CCN(CC)C(=O)c1cc(-c2cccc(OC)c2OC)cc(-n2cnnn2)c1. The molecule has 0 radical (unpaired) electrons. The van der Waals surface area contributed by atoms with Gasteiger partial charge >= 0.3 is 0 Å². The van der Waals surface area contributed by atoms with E-state index in [1.54, 1.807) is 25.2 Å². The molecule has 0 aliphatic rings. The Morgan fingerprint density at radius 3 is 2.50 bits per heavy atom. The zero-order chi connectivity index (χ0) is 20.1. The van der Waals surface area contributed by atoms with Crippen LogP contribution in [-0.2, 0) is 0 Å². The smallest absolute Gasteiger partial charge is 0.253 e. The average Bonchev–Trinajstić information content (AvgIpc) is 3.28. The predicted octanol–water partition coefficient (Wildman–Crippen LogP) is 2.83. The molecule has 0 saturated carbocycles. The largest absolute Gasteiger partial charge is 0.493 e. The number of tetrazole rings is 1. The van der Waals surface area contributed by atoms with Crippen LogP contribution >= 0.6 is 0 Å². The summed E-state index contributed by atoms with van der Waals surface area (Å²) in [6, 6.07) is 11.2. The fourth-order valence-electron chi connectivity index (χ4n) is 3.11. The van der Waals surface area contributed by atoms with Crippen molar-refractivity contribution in [3.8, 4) is 28.3 Å². The number of hydrogen-bond acceptors (Lipinski definition) is 6. The normalized spacial score (nSPS) is 10.6. The quantitative estimate of drug-likeness (QED) is 0.626. The van der Waals surface area contributed by atoms with Crippen LogP contribution in [0.15, 0.2) is 42.7 Å². The van der Waals surface area contributed by atoms with Crippen molar-refractivity contribution >= 4 is 5.91 Å². The van der Waals surface area contributed by atoms with E-state index in [-0.39, 0.29) is 5.91 Å². The zero-order valence-corrected chi connectivity index (χ0v) is 16.4. The Hall–Kier alpha value is -3.42. The first kappa shape index (κ1) is 19.3. The Labute approximate surface area is 163 Å². The van der Waals surface area contributed by atoms with Gasteiger partial charge in [0, 0.05) is 24.2 Å². The van der Waals surface area contributed by atoms with Gasteiger partial charge in [-0.25, -0.2) is 4.68 Å². The molecule has 0 N–H and O–H groups in total. The number of nitrogens with zero attached hydrogens (tertiary/aromatic N) is 5. The minimum atomic E-state index is -0.0527. The maximum atomic E-state index is 13.0. The third-order valence-corrected chi connectivity index (χ3v) is 4.54. The molecule has 0 saturated heterocycles. The van der Waals surface area contributed by atoms with E-state index in [0.717, 1.165) is 11.1 Å². The molecule has 3 aromatic rings. The third-order valence-electron chi connectivity index (χ3n) is 4.54. The van der Waals surface area contributed by atoms with Gasteiger partial charge in [0.15, 0.2) is 11.5 Å². The molecule has 28 heavy (non-hydrogen) atoms. The van der Waals surface area contributed by atoms with Crippen LogP contribution in [0.25, 0.3) is 16.8 Å². The maximum Gasteiger partial charge on any atom is 0.253 e. The minimum absolute atomic E-state index is 0.0527. The van der Waals surface area contributed by atoms with Crippen molar-refractivity contribution < 1.29 is 14.3 Å². The van der Waals surface area contributed by atoms with E-state index < -0.39 is 0 Å². The van der Waals surface area contributed by atoms with E-state index in [4.69, 9.17) is 9.47 Å². The van der Waals surface area contributed by atoms with Gasteiger partial charge in [0.1, 0.15) is 6.33 Å². The first-order chi connectivity index (χ1) is 13.6. The Morgan fingerprint density at radius 1 is 1.11 bits per heavy atom. The number of benzene rings is 2. The number of aromatic nitrogens is 4. The van der Waals surface area contributed by atoms with Crippen LogP contribution in [0.2, 0.25) is 0 Å². The summed E-state index contributed by atoms with van der Waals surface area (Å²) in [7, 11) is 3.18. The fraction of sp³-hybridized carbons (Fsp3) is 0.300. The second-order valence-electron chi connectivity index (χ2n) is 6.04. The number of amides is 1. The summed E-state index contributed by atoms with van der Waals surface area (Å²) in [6.07, 6.45) is 1.49. The summed E-state index contributed by atoms with van der Waals surface area (Å²) in [4.78, 5) is 14.8. The molecular formula is C20H23N5O3. The maximum absolute atomic E-state index is 13.0. The number of methoxy groups -OCH3 is 2. The summed E-state index contributed by atoms with van der Waals surface area (Å²) in [5.41, 5.74) is 2.85. The molecular weight excluding hydrogens is 358 g/mol. The monoisotopic (exact) mass is 381 g/mol. The Kier molecular flexibility index (Phi) is 5.88. The summed E-state index contributed by atoms with van der Waals surface area (Å²) >= 11 is 0. The highest BCUT2D eigenvalue weighted by Crippen LogP contribution is 2.38. The van der Waals surface area contributed by atoms with Gasteiger partial charge < -0.3 is 14.4 Å². The Bertz CT molecular complexity index is 952. The van der Waals surface area contributed by atoms with E-state index in [9.17, 15) is 4.79 Å². The number of carbonyl (C=O) groups is 1. The van der Waals surface area contributed by atoms with E-state index in [2.05, 4.69) is 15.5 Å². The van der Waals surface area contributed by atoms with Crippen LogP contribution in [-0.4, -0.2) is 58.3 Å². The molecule has 0 spiro atoms. The average molecular weight is 381 g/mol. The Balaban J connectivity index is 2.20. The van der Waals surface area contributed by atoms with E-state index in [0.29, 0.717) is 35.8 Å².